The van der Waals surface area contributed by atoms with Crippen LogP contribution in [0.25, 0.3) is 0 Å². The second kappa shape index (κ2) is 11.3. The Morgan fingerprint density at radius 1 is 0.903 bits per heavy atom. The average Bonchev–Trinajstić information content (AvgIpc) is 2.75. The summed E-state index contributed by atoms with van der Waals surface area (Å²) in [5, 5.41) is 6.71. The molecule has 0 bridgehead atoms. The molecule has 1 fully saturated rings. The summed E-state index contributed by atoms with van der Waals surface area (Å²) >= 11 is 5.99. The van der Waals surface area contributed by atoms with Crippen LogP contribution in [-0.2, 0) is 9.59 Å². The minimum atomic E-state index is -0.408. The Morgan fingerprint density at radius 2 is 1.52 bits per heavy atom. The van der Waals surface area contributed by atoms with Crippen molar-refractivity contribution in [3.63, 3.8) is 0 Å². The van der Waals surface area contributed by atoms with Gasteiger partial charge in [-0.2, -0.15) is 0 Å². The molecule has 0 aliphatic carbocycles. The first kappa shape index (κ1) is 23.3. The lowest BCUT2D eigenvalue weighted by molar-refractivity contribution is -0.123. The number of likely N-dealkylation sites (N-methyl/N-ethyl adjacent to an activating group) is 1. The summed E-state index contributed by atoms with van der Waals surface area (Å²) in [5.41, 5.74) is 1.93. The van der Waals surface area contributed by atoms with Crippen LogP contribution in [0.1, 0.15) is 36.6 Å². The first-order valence-corrected chi connectivity index (χ1v) is 11.1. The summed E-state index contributed by atoms with van der Waals surface area (Å²) in [4.78, 5) is 29.5. The van der Waals surface area contributed by atoms with Gasteiger partial charge in [0.2, 0.25) is 11.8 Å². The minimum absolute atomic E-state index is 0.100. The highest BCUT2D eigenvalue weighted by atomic mass is 35.5. The first-order valence-electron chi connectivity index (χ1n) is 10.7. The molecule has 2 aromatic carbocycles. The number of hydrogen-bond acceptors (Lipinski definition) is 4. The lowest BCUT2D eigenvalue weighted by Gasteiger charge is -2.35. The van der Waals surface area contributed by atoms with Crippen molar-refractivity contribution in [3.8, 4) is 0 Å². The van der Waals surface area contributed by atoms with Crippen LogP contribution >= 0.6 is 11.6 Å². The summed E-state index contributed by atoms with van der Waals surface area (Å²) in [7, 11) is 2.13. The van der Waals surface area contributed by atoms with E-state index in [0.717, 1.165) is 43.9 Å². The van der Waals surface area contributed by atoms with Crippen molar-refractivity contribution < 1.29 is 9.59 Å². The van der Waals surface area contributed by atoms with Gasteiger partial charge in [0.25, 0.3) is 0 Å². The third-order valence-electron chi connectivity index (χ3n) is 5.61. The molecule has 1 saturated heterocycles. The van der Waals surface area contributed by atoms with Crippen molar-refractivity contribution in [2.75, 3.05) is 39.8 Å². The Bertz CT molecular complexity index is 852. The summed E-state index contributed by atoms with van der Waals surface area (Å²) in [6.45, 7) is 6.23. The van der Waals surface area contributed by atoms with E-state index in [1.165, 1.54) is 6.92 Å². The highest BCUT2D eigenvalue weighted by Gasteiger charge is 2.23. The number of rotatable bonds is 8. The second-order valence-corrected chi connectivity index (χ2v) is 8.58. The Hall–Kier alpha value is -2.41. The zero-order valence-electron chi connectivity index (χ0n) is 18.2. The topological polar surface area (TPSA) is 64.7 Å². The van der Waals surface area contributed by atoms with Gasteiger partial charge in [0.1, 0.15) is 0 Å². The van der Waals surface area contributed by atoms with Gasteiger partial charge in [0, 0.05) is 44.7 Å². The van der Waals surface area contributed by atoms with Gasteiger partial charge >= 0.3 is 0 Å². The van der Waals surface area contributed by atoms with Crippen LogP contribution in [0.4, 0.5) is 0 Å². The fourth-order valence-corrected chi connectivity index (χ4v) is 3.97. The number of carbonyl (C=O) groups is 2. The van der Waals surface area contributed by atoms with Crippen LogP contribution in [0.3, 0.4) is 0 Å². The van der Waals surface area contributed by atoms with Gasteiger partial charge < -0.3 is 15.5 Å². The van der Waals surface area contributed by atoms with E-state index < -0.39 is 6.04 Å². The maximum absolute atomic E-state index is 13.0. The van der Waals surface area contributed by atoms with Gasteiger partial charge in [0.15, 0.2) is 0 Å². The van der Waals surface area contributed by atoms with Gasteiger partial charge in [-0.3, -0.25) is 14.5 Å². The van der Waals surface area contributed by atoms with Crippen molar-refractivity contribution >= 4 is 23.4 Å². The molecule has 166 valence electrons. The van der Waals surface area contributed by atoms with Crippen LogP contribution < -0.4 is 10.6 Å². The van der Waals surface area contributed by atoms with E-state index in [2.05, 4.69) is 27.5 Å². The van der Waals surface area contributed by atoms with Crippen molar-refractivity contribution in [2.45, 2.75) is 25.4 Å². The van der Waals surface area contributed by atoms with Crippen LogP contribution in [0.5, 0.6) is 0 Å². The fraction of sp³-hybridized carbons (Fsp3) is 0.417. The van der Waals surface area contributed by atoms with E-state index in [1.54, 1.807) is 12.1 Å². The fourth-order valence-electron chi connectivity index (χ4n) is 3.84. The van der Waals surface area contributed by atoms with Gasteiger partial charge in [-0.15, -0.1) is 0 Å². The van der Waals surface area contributed by atoms with Crippen molar-refractivity contribution in [3.05, 3.63) is 70.7 Å². The largest absolute Gasteiger partial charge is 0.349 e. The Labute approximate surface area is 189 Å². The monoisotopic (exact) mass is 442 g/mol. The van der Waals surface area contributed by atoms with E-state index in [4.69, 9.17) is 11.6 Å². The minimum Gasteiger partial charge on any atom is -0.349 e. The Kier molecular flexibility index (Phi) is 8.46. The van der Waals surface area contributed by atoms with Crippen molar-refractivity contribution in [1.82, 2.24) is 20.4 Å². The number of halogens is 1. The standard InChI is InChI=1S/C24H31ClN4O2/c1-18(30)26-22(20-8-10-21(25)11-9-20)16-24(31)27-23(19-6-4-3-5-7-19)17-29-14-12-28(2)13-15-29/h3-11,22-23H,12-17H2,1-2H3,(H,26,30)(H,27,31). The molecule has 7 heteroatoms. The molecule has 2 atom stereocenters. The molecule has 1 aliphatic rings. The number of hydrogen-bond donors (Lipinski definition) is 2. The normalized spacial score (nSPS) is 17.0. The van der Waals surface area contributed by atoms with Crippen molar-refractivity contribution in [1.29, 1.82) is 0 Å². The van der Waals surface area contributed by atoms with E-state index in [1.807, 2.05) is 42.5 Å². The van der Waals surface area contributed by atoms with E-state index in [-0.39, 0.29) is 24.3 Å². The molecular formula is C24H31ClN4O2. The molecule has 31 heavy (non-hydrogen) atoms. The molecular weight excluding hydrogens is 412 g/mol. The first-order chi connectivity index (χ1) is 14.9. The predicted octanol–water partition coefficient (Wildman–Crippen LogP) is 3.01. The lowest BCUT2D eigenvalue weighted by Crippen LogP contribution is -2.48. The molecule has 2 aromatic rings. The van der Waals surface area contributed by atoms with Crippen LogP contribution in [-0.4, -0.2) is 61.4 Å². The van der Waals surface area contributed by atoms with Crippen molar-refractivity contribution in [2.24, 2.45) is 0 Å². The number of nitrogens with one attached hydrogen (secondary N) is 2. The van der Waals surface area contributed by atoms with Crippen LogP contribution in [0, 0.1) is 0 Å². The molecule has 6 nitrogen and oxygen atoms in total. The lowest BCUT2D eigenvalue weighted by atomic mass is 10.0. The molecule has 0 spiro atoms. The highest BCUT2D eigenvalue weighted by molar-refractivity contribution is 6.30. The van der Waals surface area contributed by atoms with E-state index in [0.29, 0.717) is 5.02 Å². The highest BCUT2D eigenvalue weighted by Crippen LogP contribution is 2.21. The van der Waals surface area contributed by atoms with E-state index in [9.17, 15) is 9.59 Å². The smallest absolute Gasteiger partial charge is 0.222 e. The van der Waals surface area contributed by atoms with Crippen LogP contribution in [0.15, 0.2) is 54.6 Å². The Morgan fingerprint density at radius 3 is 2.13 bits per heavy atom. The zero-order valence-corrected chi connectivity index (χ0v) is 18.9. The molecule has 2 N–H and O–H groups in total. The number of amides is 2. The molecule has 0 saturated carbocycles. The number of carbonyl (C=O) groups excluding carboxylic acids is 2. The summed E-state index contributed by atoms with van der Waals surface area (Å²) in [6, 6.07) is 16.8. The van der Waals surface area contributed by atoms with Gasteiger partial charge in [0.05, 0.1) is 18.5 Å². The van der Waals surface area contributed by atoms with Gasteiger partial charge in [-0.05, 0) is 30.3 Å². The quantitative estimate of drug-likeness (QED) is 0.659. The molecule has 3 rings (SSSR count). The van der Waals surface area contributed by atoms with E-state index >= 15 is 0 Å². The second-order valence-electron chi connectivity index (χ2n) is 8.14. The number of benzene rings is 2. The molecule has 0 aromatic heterocycles. The molecule has 1 aliphatic heterocycles. The molecule has 1 heterocycles. The maximum atomic E-state index is 13.0. The van der Waals surface area contributed by atoms with Gasteiger partial charge in [-0.1, -0.05) is 54.1 Å². The number of nitrogens with zero attached hydrogens (tertiary/aromatic N) is 2. The molecule has 2 unspecified atom stereocenters. The average molecular weight is 443 g/mol. The van der Waals surface area contributed by atoms with Crippen LogP contribution in [0.2, 0.25) is 5.02 Å². The summed E-state index contributed by atoms with van der Waals surface area (Å²) in [6.07, 6.45) is 0.160. The SMILES string of the molecule is CC(=O)NC(CC(=O)NC(CN1CCN(C)CC1)c1ccccc1)c1ccc(Cl)cc1. The summed E-state index contributed by atoms with van der Waals surface area (Å²) in [5.74, 6) is -0.276. The zero-order chi connectivity index (χ0) is 22.2. The Balaban J connectivity index is 1.70. The molecule has 2 amide bonds. The predicted molar refractivity (Wildman–Crippen MR) is 124 cm³/mol. The third kappa shape index (κ3) is 7.35. The third-order valence-corrected chi connectivity index (χ3v) is 5.87. The maximum Gasteiger partial charge on any atom is 0.222 e. The number of piperazine rings is 1. The summed E-state index contributed by atoms with van der Waals surface area (Å²) < 4.78 is 0. The molecule has 0 radical (unpaired) electrons. The van der Waals surface area contributed by atoms with Gasteiger partial charge in [-0.25, -0.2) is 0 Å².